The maximum Gasteiger partial charge on any atom is 0.189 e. The third-order valence-electron chi connectivity index (χ3n) is 3.38. The van der Waals surface area contributed by atoms with Gasteiger partial charge in [-0.25, -0.2) is 0 Å². The molecule has 0 bridgehead atoms. The largest absolute Gasteiger partial charge is 0.401 e. The summed E-state index contributed by atoms with van der Waals surface area (Å²) in [5, 5.41) is 8.86. The first-order valence-electron chi connectivity index (χ1n) is 6.16. The molecule has 0 aromatic carbocycles. The number of carbonyl (C=O) groups is 1. The first kappa shape index (κ1) is 13.7. The zero-order valence-electron chi connectivity index (χ0n) is 10.7. The molecule has 0 radical (unpaired) electrons. The predicted octanol–water partition coefficient (Wildman–Crippen LogP) is 1.58. The van der Waals surface area contributed by atoms with E-state index in [2.05, 4.69) is 4.90 Å². The first-order valence-corrected chi connectivity index (χ1v) is 6.16. The summed E-state index contributed by atoms with van der Waals surface area (Å²) < 4.78 is 0. The monoisotopic (exact) mass is 235 g/mol. The summed E-state index contributed by atoms with van der Waals surface area (Å²) in [6.07, 6.45) is 6.07. The molecule has 0 aromatic heterocycles. The zero-order chi connectivity index (χ0) is 12.8. The lowest BCUT2D eigenvalue weighted by atomic mass is 9.94. The SMILES string of the molecule is C/C(N)=C(\C#N)C(=O)CN(C)C1CCCCC1. The number of nitriles is 1. The molecule has 0 heterocycles. The van der Waals surface area contributed by atoms with E-state index in [4.69, 9.17) is 11.0 Å². The third kappa shape index (κ3) is 3.86. The van der Waals surface area contributed by atoms with E-state index in [1.807, 2.05) is 13.1 Å². The smallest absolute Gasteiger partial charge is 0.189 e. The molecule has 1 fully saturated rings. The summed E-state index contributed by atoms with van der Waals surface area (Å²) in [6, 6.07) is 2.37. The Morgan fingerprint density at radius 1 is 1.41 bits per heavy atom. The number of rotatable bonds is 4. The Hall–Kier alpha value is -1.34. The van der Waals surface area contributed by atoms with Gasteiger partial charge in [-0.05, 0) is 26.8 Å². The number of nitrogens with two attached hydrogens (primary N) is 1. The highest BCUT2D eigenvalue weighted by Crippen LogP contribution is 2.21. The highest BCUT2D eigenvalue weighted by atomic mass is 16.1. The molecular weight excluding hydrogens is 214 g/mol. The molecule has 1 aliphatic carbocycles. The van der Waals surface area contributed by atoms with Crippen LogP contribution >= 0.6 is 0 Å². The third-order valence-corrected chi connectivity index (χ3v) is 3.38. The molecule has 94 valence electrons. The number of hydrogen-bond donors (Lipinski definition) is 1. The Balaban J connectivity index is 2.56. The predicted molar refractivity (Wildman–Crippen MR) is 67.0 cm³/mol. The van der Waals surface area contributed by atoms with Crippen molar-refractivity contribution in [1.29, 1.82) is 5.26 Å². The number of likely N-dealkylation sites (N-methyl/N-ethyl adjacent to an activating group) is 1. The van der Waals surface area contributed by atoms with Crippen molar-refractivity contribution in [1.82, 2.24) is 4.90 Å². The van der Waals surface area contributed by atoms with Crippen molar-refractivity contribution in [2.45, 2.75) is 45.1 Å². The molecule has 1 saturated carbocycles. The van der Waals surface area contributed by atoms with Crippen LogP contribution in [0.3, 0.4) is 0 Å². The average Bonchev–Trinajstić information content (AvgIpc) is 2.30. The van der Waals surface area contributed by atoms with Crippen LogP contribution in [0.25, 0.3) is 0 Å². The molecule has 1 aliphatic rings. The standard InChI is InChI=1S/C13H21N3O/c1-10(15)12(8-14)13(17)9-16(2)11-6-4-3-5-7-11/h11H,3-7,9,15H2,1-2H3/b12-10-. The topological polar surface area (TPSA) is 70.1 Å². The molecule has 0 spiro atoms. The summed E-state index contributed by atoms with van der Waals surface area (Å²) in [5.41, 5.74) is 5.94. The quantitative estimate of drug-likeness (QED) is 0.593. The highest BCUT2D eigenvalue weighted by Gasteiger charge is 2.21. The van der Waals surface area contributed by atoms with E-state index in [0.717, 1.165) is 12.8 Å². The number of hydrogen-bond acceptors (Lipinski definition) is 4. The number of nitrogens with zero attached hydrogens (tertiary/aromatic N) is 2. The summed E-state index contributed by atoms with van der Waals surface area (Å²) in [4.78, 5) is 13.9. The Kier molecular flexibility index (Phi) is 5.17. The Labute approximate surface area is 103 Å². The molecule has 0 amide bonds. The van der Waals surface area contributed by atoms with Crippen LogP contribution in [-0.4, -0.2) is 30.3 Å². The molecule has 1 rings (SSSR count). The minimum Gasteiger partial charge on any atom is -0.401 e. The molecule has 0 aliphatic heterocycles. The van der Waals surface area contributed by atoms with E-state index in [1.54, 1.807) is 6.92 Å². The van der Waals surface area contributed by atoms with Crippen LogP contribution in [0.1, 0.15) is 39.0 Å². The van der Waals surface area contributed by atoms with Gasteiger partial charge in [-0.15, -0.1) is 0 Å². The normalized spacial score (nSPS) is 18.7. The van der Waals surface area contributed by atoms with Gasteiger partial charge >= 0.3 is 0 Å². The van der Waals surface area contributed by atoms with Crippen LogP contribution in [0.4, 0.5) is 0 Å². The van der Waals surface area contributed by atoms with Gasteiger partial charge in [-0.2, -0.15) is 5.26 Å². The van der Waals surface area contributed by atoms with E-state index < -0.39 is 0 Å². The fourth-order valence-corrected chi connectivity index (χ4v) is 2.33. The van der Waals surface area contributed by atoms with E-state index in [1.165, 1.54) is 19.3 Å². The fraction of sp³-hybridized carbons (Fsp3) is 0.692. The molecule has 4 nitrogen and oxygen atoms in total. The number of carbonyl (C=O) groups excluding carboxylic acids is 1. The van der Waals surface area contributed by atoms with Crippen LogP contribution in [0.5, 0.6) is 0 Å². The van der Waals surface area contributed by atoms with Crippen molar-refractivity contribution >= 4 is 5.78 Å². The molecular formula is C13H21N3O. The van der Waals surface area contributed by atoms with Crippen molar-refractivity contribution < 1.29 is 4.79 Å². The van der Waals surface area contributed by atoms with Gasteiger partial charge in [0.1, 0.15) is 11.6 Å². The number of Topliss-reactive ketones (excluding diaryl/α,β-unsaturated/α-hetero) is 1. The van der Waals surface area contributed by atoms with Crippen molar-refractivity contribution in [3.63, 3.8) is 0 Å². The van der Waals surface area contributed by atoms with Gasteiger partial charge in [0.2, 0.25) is 0 Å². The van der Waals surface area contributed by atoms with Crippen LogP contribution < -0.4 is 5.73 Å². The van der Waals surface area contributed by atoms with Gasteiger partial charge in [-0.1, -0.05) is 19.3 Å². The Bertz CT molecular complexity index is 344. The first-order chi connectivity index (χ1) is 8.06. The zero-order valence-corrected chi connectivity index (χ0v) is 10.7. The molecule has 0 aromatic rings. The summed E-state index contributed by atoms with van der Waals surface area (Å²) in [7, 11) is 1.95. The molecule has 0 atom stereocenters. The lowest BCUT2D eigenvalue weighted by Crippen LogP contribution is -2.37. The van der Waals surface area contributed by atoms with Gasteiger partial charge in [0.15, 0.2) is 5.78 Å². The molecule has 0 unspecified atom stereocenters. The van der Waals surface area contributed by atoms with E-state index >= 15 is 0 Å². The van der Waals surface area contributed by atoms with Crippen LogP contribution in [0.15, 0.2) is 11.3 Å². The lowest BCUT2D eigenvalue weighted by molar-refractivity contribution is -0.116. The van der Waals surface area contributed by atoms with E-state index in [-0.39, 0.29) is 11.4 Å². The Morgan fingerprint density at radius 3 is 2.47 bits per heavy atom. The van der Waals surface area contributed by atoms with E-state index in [9.17, 15) is 4.79 Å². The van der Waals surface area contributed by atoms with Crippen LogP contribution in [0.2, 0.25) is 0 Å². The second-order valence-electron chi connectivity index (χ2n) is 4.80. The molecule has 0 saturated heterocycles. The summed E-state index contributed by atoms with van der Waals surface area (Å²) in [5.74, 6) is -0.166. The van der Waals surface area contributed by atoms with Gasteiger partial charge in [0, 0.05) is 11.7 Å². The lowest BCUT2D eigenvalue weighted by Gasteiger charge is -2.30. The minimum absolute atomic E-state index is 0.104. The van der Waals surface area contributed by atoms with Crippen LogP contribution in [0, 0.1) is 11.3 Å². The summed E-state index contributed by atoms with van der Waals surface area (Å²) in [6.45, 7) is 1.89. The maximum absolute atomic E-state index is 11.9. The fourth-order valence-electron chi connectivity index (χ4n) is 2.33. The van der Waals surface area contributed by atoms with Crippen molar-refractivity contribution in [3.05, 3.63) is 11.3 Å². The number of allylic oxidation sites excluding steroid dienone is 1. The highest BCUT2D eigenvalue weighted by molar-refractivity contribution is 6.00. The average molecular weight is 235 g/mol. The van der Waals surface area contributed by atoms with Crippen molar-refractivity contribution in [2.24, 2.45) is 5.73 Å². The Morgan fingerprint density at radius 2 is 2.00 bits per heavy atom. The second-order valence-corrected chi connectivity index (χ2v) is 4.80. The maximum atomic E-state index is 11.9. The van der Waals surface area contributed by atoms with Crippen LogP contribution in [-0.2, 0) is 4.79 Å². The molecule has 17 heavy (non-hydrogen) atoms. The van der Waals surface area contributed by atoms with Gasteiger partial charge in [-0.3, -0.25) is 9.69 Å². The van der Waals surface area contributed by atoms with Gasteiger partial charge in [0.05, 0.1) is 6.54 Å². The minimum atomic E-state index is -0.166. The van der Waals surface area contributed by atoms with Gasteiger partial charge < -0.3 is 5.73 Å². The van der Waals surface area contributed by atoms with Gasteiger partial charge in [0.25, 0.3) is 0 Å². The molecule has 4 heteroatoms. The van der Waals surface area contributed by atoms with Crippen molar-refractivity contribution in [3.8, 4) is 6.07 Å². The second kappa shape index (κ2) is 6.41. The molecule has 2 N–H and O–H groups in total. The summed E-state index contributed by atoms with van der Waals surface area (Å²) >= 11 is 0. The van der Waals surface area contributed by atoms with Crippen molar-refractivity contribution in [2.75, 3.05) is 13.6 Å². The number of ketones is 1. The van der Waals surface area contributed by atoms with E-state index in [0.29, 0.717) is 18.3 Å².